The first-order valence-corrected chi connectivity index (χ1v) is 14.7. The van der Waals surface area contributed by atoms with Crippen molar-refractivity contribution in [2.45, 2.75) is 53.3 Å². The van der Waals surface area contributed by atoms with Gasteiger partial charge in [-0.05, 0) is 64.5 Å². The summed E-state index contributed by atoms with van der Waals surface area (Å²) in [5, 5.41) is 0.896. The van der Waals surface area contributed by atoms with Gasteiger partial charge < -0.3 is 18.8 Å². The average Bonchev–Trinajstić information content (AvgIpc) is 3.44. The Labute approximate surface area is 247 Å². The molecule has 4 aromatic rings. The SMILES string of the molecule is CCOC(=O)Cn1cc(/C=c2/sc3n(c2=O)[C@@H](c2ccc(OCC)cc2)C(C(=O)OC(C)C)=C(C)N=3)c2ccccc21. The van der Waals surface area contributed by atoms with Gasteiger partial charge in [-0.3, -0.25) is 14.2 Å². The van der Waals surface area contributed by atoms with Crippen molar-refractivity contribution in [3.05, 3.63) is 96.8 Å². The summed E-state index contributed by atoms with van der Waals surface area (Å²) in [4.78, 5) is 44.8. The average molecular weight is 588 g/mol. The van der Waals surface area contributed by atoms with Crippen LogP contribution in [0.4, 0.5) is 0 Å². The Balaban J connectivity index is 1.67. The Morgan fingerprint density at radius 2 is 1.81 bits per heavy atom. The molecule has 10 heteroatoms. The van der Waals surface area contributed by atoms with Crippen LogP contribution in [-0.2, 0) is 25.6 Å². The second-order valence-corrected chi connectivity index (χ2v) is 11.1. The van der Waals surface area contributed by atoms with Crippen LogP contribution >= 0.6 is 11.3 Å². The quantitative estimate of drug-likeness (QED) is 0.273. The van der Waals surface area contributed by atoms with E-state index in [9.17, 15) is 14.4 Å². The Morgan fingerprint density at radius 3 is 2.50 bits per heavy atom. The number of rotatable bonds is 9. The van der Waals surface area contributed by atoms with Crippen molar-refractivity contribution >= 4 is 40.3 Å². The molecule has 2 aromatic carbocycles. The number of ether oxygens (including phenoxy) is 3. The number of hydrogen-bond acceptors (Lipinski definition) is 8. The van der Waals surface area contributed by atoms with E-state index in [1.807, 2.05) is 72.3 Å². The molecule has 1 atom stereocenters. The number of esters is 2. The lowest BCUT2D eigenvalue weighted by atomic mass is 9.96. The van der Waals surface area contributed by atoms with Gasteiger partial charge >= 0.3 is 11.9 Å². The summed E-state index contributed by atoms with van der Waals surface area (Å²) in [5.74, 6) is -0.155. The fraction of sp³-hybridized carbons (Fsp3) is 0.312. The first-order valence-electron chi connectivity index (χ1n) is 13.9. The molecule has 0 radical (unpaired) electrons. The van der Waals surface area contributed by atoms with Crippen molar-refractivity contribution in [3.8, 4) is 5.75 Å². The molecule has 0 amide bonds. The van der Waals surface area contributed by atoms with E-state index in [0.29, 0.717) is 39.6 Å². The van der Waals surface area contributed by atoms with Crippen LogP contribution in [0.5, 0.6) is 5.75 Å². The zero-order valence-electron chi connectivity index (χ0n) is 24.2. The Morgan fingerprint density at radius 1 is 1.07 bits per heavy atom. The highest BCUT2D eigenvalue weighted by Crippen LogP contribution is 2.32. The summed E-state index contributed by atoms with van der Waals surface area (Å²) in [6.07, 6.45) is 3.32. The molecule has 0 saturated carbocycles. The van der Waals surface area contributed by atoms with Crippen LogP contribution < -0.4 is 19.6 Å². The van der Waals surface area contributed by atoms with Crippen molar-refractivity contribution in [1.82, 2.24) is 9.13 Å². The highest BCUT2D eigenvalue weighted by atomic mass is 32.1. The first kappa shape index (κ1) is 29.1. The number of para-hydroxylation sites is 1. The van der Waals surface area contributed by atoms with Crippen LogP contribution in [0.25, 0.3) is 17.0 Å². The fourth-order valence-electron chi connectivity index (χ4n) is 5.10. The van der Waals surface area contributed by atoms with E-state index in [4.69, 9.17) is 14.2 Å². The number of thiazole rings is 1. The molecule has 0 unspecified atom stereocenters. The van der Waals surface area contributed by atoms with E-state index >= 15 is 0 Å². The van der Waals surface area contributed by atoms with Crippen LogP contribution in [0.15, 0.2) is 75.8 Å². The van der Waals surface area contributed by atoms with Gasteiger partial charge in [-0.2, -0.15) is 0 Å². The minimum atomic E-state index is -0.726. The summed E-state index contributed by atoms with van der Waals surface area (Å²) in [5.41, 5.74) is 2.92. The van der Waals surface area contributed by atoms with Crippen LogP contribution in [0, 0.1) is 0 Å². The molecule has 3 heterocycles. The summed E-state index contributed by atoms with van der Waals surface area (Å²) in [6.45, 7) is 9.89. The zero-order chi connectivity index (χ0) is 30.0. The molecule has 0 saturated heterocycles. The van der Waals surface area contributed by atoms with Gasteiger partial charge in [0.05, 0.1) is 41.2 Å². The first-order chi connectivity index (χ1) is 20.2. The van der Waals surface area contributed by atoms with Crippen molar-refractivity contribution < 1.29 is 23.8 Å². The monoisotopic (exact) mass is 587 g/mol. The smallest absolute Gasteiger partial charge is 0.338 e. The van der Waals surface area contributed by atoms with Gasteiger partial charge in [0.1, 0.15) is 12.3 Å². The van der Waals surface area contributed by atoms with Gasteiger partial charge in [0.2, 0.25) is 0 Å². The highest BCUT2D eigenvalue weighted by molar-refractivity contribution is 7.07. The molecular formula is C32H33N3O6S. The lowest BCUT2D eigenvalue weighted by Gasteiger charge is -2.25. The maximum Gasteiger partial charge on any atom is 0.338 e. The molecule has 2 aromatic heterocycles. The second kappa shape index (κ2) is 12.2. The van der Waals surface area contributed by atoms with E-state index in [-0.39, 0.29) is 24.2 Å². The number of nitrogens with zero attached hydrogens (tertiary/aromatic N) is 3. The normalized spacial score (nSPS) is 15.1. The molecule has 0 bridgehead atoms. The van der Waals surface area contributed by atoms with E-state index in [2.05, 4.69) is 4.99 Å². The summed E-state index contributed by atoms with van der Waals surface area (Å²) in [7, 11) is 0. The number of hydrogen-bond donors (Lipinski definition) is 0. The van der Waals surface area contributed by atoms with Gasteiger partial charge in [-0.25, -0.2) is 9.79 Å². The zero-order valence-corrected chi connectivity index (χ0v) is 25.1. The van der Waals surface area contributed by atoms with E-state index in [1.54, 1.807) is 32.3 Å². The molecule has 0 N–H and O–H groups in total. The molecule has 218 valence electrons. The topological polar surface area (TPSA) is 101 Å². The summed E-state index contributed by atoms with van der Waals surface area (Å²) >= 11 is 1.25. The highest BCUT2D eigenvalue weighted by Gasteiger charge is 2.34. The fourth-order valence-corrected chi connectivity index (χ4v) is 6.13. The van der Waals surface area contributed by atoms with Crippen molar-refractivity contribution in [2.75, 3.05) is 13.2 Å². The number of benzene rings is 2. The second-order valence-electron chi connectivity index (χ2n) is 10.1. The van der Waals surface area contributed by atoms with Crippen LogP contribution in [0.3, 0.4) is 0 Å². The molecule has 5 rings (SSSR count). The maximum atomic E-state index is 14.1. The number of allylic oxidation sites excluding steroid dienone is 1. The Bertz CT molecular complexity index is 1860. The number of aromatic nitrogens is 2. The minimum absolute atomic E-state index is 0.0572. The Kier molecular flexibility index (Phi) is 8.44. The summed E-state index contributed by atoms with van der Waals surface area (Å²) in [6, 6.07) is 14.3. The lowest BCUT2D eigenvalue weighted by molar-refractivity contribution is -0.144. The van der Waals surface area contributed by atoms with E-state index in [0.717, 1.165) is 22.0 Å². The van der Waals surface area contributed by atoms with Crippen LogP contribution in [-0.4, -0.2) is 40.4 Å². The van der Waals surface area contributed by atoms with Gasteiger partial charge in [0, 0.05) is 22.7 Å². The third kappa shape index (κ3) is 5.67. The van der Waals surface area contributed by atoms with Crippen LogP contribution in [0.1, 0.15) is 51.8 Å². The number of carbonyl (C=O) groups excluding carboxylic acids is 2. The largest absolute Gasteiger partial charge is 0.494 e. The van der Waals surface area contributed by atoms with Gasteiger partial charge in [-0.1, -0.05) is 41.7 Å². The standard InChI is InChI=1S/C32H33N3O6S/c1-6-39-23-14-12-21(13-15-23)29-28(31(38)41-19(3)4)20(5)33-32-35(29)30(37)26(42-32)16-22-17-34(18-27(36)40-7-2)25-11-9-8-10-24(22)25/h8-17,19,29H,6-7,18H2,1-5H3/b26-16+/t29-/m0/s1. The molecular weight excluding hydrogens is 554 g/mol. The lowest BCUT2D eigenvalue weighted by Crippen LogP contribution is -2.40. The van der Waals surface area contributed by atoms with E-state index < -0.39 is 12.0 Å². The van der Waals surface area contributed by atoms with Gasteiger partial charge in [0.15, 0.2) is 4.80 Å². The predicted molar refractivity (Wildman–Crippen MR) is 161 cm³/mol. The molecule has 1 aliphatic rings. The van der Waals surface area contributed by atoms with Crippen molar-refractivity contribution in [1.29, 1.82) is 0 Å². The predicted octanol–water partition coefficient (Wildman–Crippen LogP) is 4.10. The molecule has 1 aliphatic heterocycles. The molecule has 0 spiro atoms. The van der Waals surface area contributed by atoms with Gasteiger partial charge in [0.25, 0.3) is 5.56 Å². The van der Waals surface area contributed by atoms with Crippen LogP contribution in [0.2, 0.25) is 0 Å². The molecule has 9 nitrogen and oxygen atoms in total. The minimum Gasteiger partial charge on any atom is -0.494 e. The molecule has 0 aliphatic carbocycles. The molecule has 0 fully saturated rings. The van der Waals surface area contributed by atoms with E-state index in [1.165, 1.54) is 11.3 Å². The number of fused-ring (bicyclic) bond motifs is 2. The number of carbonyl (C=O) groups is 2. The Hall–Kier alpha value is -4.44. The maximum absolute atomic E-state index is 14.1. The molecule has 42 heavy (non-hydrogen) atoms. The van der Waals surface area contributed by atoms with Crippen molar-refractivity contribution in [3.63, 3.8) is 0 Å². The third-order valence-corrected chi connectivity index (χ3v) is 7.78. The summed E-state index contributed by atoms with van der Waals surface area (Å²) < 4.78 is 20.2. The van der Waals surface area contributed by atoms with Gasteiger partial charge in [-0.15, -0.1) is 0 Å². The third-order valence-electron chi connectivity index (χ3n) is 6.80. The van der Waals surface area contributed by atoms with Crippen molar-refractivity contribution in [2.24, 2.45) is 4.99 Å².